The minimum Gasteiger partial charge on any atom is -0.475 e. The van der Waals surface area contributed by atoms with E-state index in [4.69, 9.17) is 9.90 Å². The van der Waals surface area contributed by atoms with Gasteiger partial charge in [-0.2, -0.15) is 13.2 Å². The SMILES string of the molecule is CN(C)c1ccc(CN2CCC(CNC(=O)c3cc(-c4cccc(F)c4)cs3)C2)cc1.O=C(O)C(F)(F)F. The van der Waals surface area contributed by atoms with Crippen LogP contribution < -0.4 is 10.2 Å². The number of carbonyl (C=O) groups excluding carboxylic acids is 1. The molecular weight excluding hydrogens is 522 g/mol. The smallest absolute Gasteiger partial charge is 0.475 e. The standard InChI is InChI=1S/C25H28FN3OS.C2HF3O2/c1-28(2)23-8-6-18(7-9-23)15-29-11-10-19(16-29)14-27-25(30)24-13-21(17-31-24)20-4-3-5-22(26)12-20;3-2(4,5)1(6)7/h3-9,12-13,17,19H,10-11,14-16H2,1-2H3,(H,27,30);(H,6,7). The van der Waals surface area contributed by atoms with Crippen LogP contribution in [0.4, 0.5) is 23.2 Å². The summed E-state index contributed by atoms with van der Waals surface area (Å²) in [7, 11) is 4.10. The fourth-order valence-corrected chi connectivity index (χ4v) is 4.81. The summed E-state index contributed by atoms with van der Waals surface area (Å²) in [5, 5.41) is 12.1. The number of rotatable bonds is 7. The molecule has 2 aromatic carbocycles. The van der Waals surface area contributed by atoms with Gasteiger partial charge in [-0.1, -0.05) is 24.3 Å². The van der Waals surface area contributed by atoms with Gasteiger partial charge < -0.3 is 15.3 Å². The van der Waals surface area contributed by atoms with Gasteiger partial charge >= 0.3 is 12.1 Å². The topological polar surface area (TPSA) is 72.9 Å². The van der Waals surface area contributed by atoms with Crippen molar-refractivity contribution < 1.29 is 32.3 Å². The number of nitrogens with zero attached hydrogens (tertiary/aromatic N) is 2. The van der Waals surface area contributed by atoms with Crippen LogP contribution in [0.15, 0.2) is 60.0 Å². The fraction of sp³-hybridized carbons (Fsp3) is 0.333. The maximum absolute atomic E-state index is 13.4. The van der Waals surface area contributed by atoms with Crippen LogP contribution in [0.3, 0.4) is 0 Å². The predicted molar refractivity (Wildman–Crippen MR) is 140 cm³/mol. The van der Waals surface area contributed by atoms with Crippen LogP contribution in [0.1, 0.15) is 21.7 Å². The number of likely N-dealkylation sites (tertiary alicyclic amines) is 1. The number of hydrogen-bond acceptors (Lipinski definition) is 5. The average molecular weight is 552 g/mol. The van der Waals surface area contributed by atoms with Gasteiger partial charge in [0.25, 0.3) is 5.91 Å². The molecular formula is C27H29F4N3O3S. The van der Waals surface area contributed by atoms with Crippen LogP contribution >= 0.6 is 11.3 Å². The van der Waals surface area contributed by atoms with Gasteiger partial charge in [0, 0.05) is 39.4 Å². The van der Waals surface area contributed by atoms with E-state index in [1.54, 1.807) is 6.07 Å². The highest BCUT2D eigenvalue weighted by atomic mass is 32.1. The second-order valence-electron chi connectivity index (χ2n) is 9.17. The molecule has 3 aromatic rings. The van der Waals surface area contributed by atoms with Crippen molar-refractivity contribution in [2.75, 3.05) is 38.6 Å². The number of nitrogens with one attached hydrogen (secondary N) is 1. The largest absolute Gasteiger partial charge is 0.490 e. The summed E-state index contributed by atoms with van der Waals surface area (Å²) in [4.78, 5) is 26.7. The lowest BCUT2D eigenvalue weighted by molar-refractivity contribution is -0.192. The number of thiophene rings is 1. The number of carboxylic acids is 1. The normalized spacial score (nSPS) is 15.5. The maximum atomic E-state index is 13.4. The molecule has 11 heteroatoms. The Morgan fingerprint density at radius 3 is 2.39 bits per heavy atom. The molecule has 1 aliphatic heterocycles. The highest BCUT2D eigenvalue weighted by molar-refractivity contribution is 7.12. The Labute approximate surface area is 222 Å². The third-order valence-electron chi connectivity index (χ3n) is 6.00. The number of benzene rings is 2. The van der Waals surface area contributed by atoms with Crippen LogP contribution in [0.5, 0.6) is 0 Å². The van der Waals surface area contributed by atoms with Crippen LogP contribution in [-0.2, 0) is 11.3 Å². The van der Waals surface area contributed by atoms with Crippen molar-refractivity contribution in [1.29, 1.82) is 0 Å². The molecule has 0 spiro atoms. The molecule has 1 atom stereocenters. The van der Waals surface area contributed by atoms with Gasteiger partial charge in [0.05, 0.1) is 4.88 Å². The highest BCUT2D eigenvalue weighted by Crippen LogP contribution is 2.26. The molecule has 4 rings (SSSR count). The van der Waals surface area contributed by atoms with Gasteiger partial charge in [0.1, 0.15) is 5.82 Å². The predicted octanol–water partition coefficient (Wildman–Crippen LogP) is 5.51. The van der Waals surface area contributed by atoms with E-state index in [0.717, 1.165) is 37.2 Å². The number of anilines is 1. The summed E-state index contributed by atoms with van der Waals surface area (Å²) < 4.78 is 45.2. The second kappa shape index (κ2) is 12.9. The van der Waals surface area contributed by atoms with Gasteiger partial charge in [-0.15, -0.1) is 11.3 Å². The fourth-order valence-electron chi connectivity index (χ4n) is 3.98. The molecule has 204 valence electrons. The Morgan fingerprint density at radius 2 is 1.79 bits per heavy atom. The Balaban J connectivity index is 0.000000505. The van der Waals surface area contributed by atoms with Crippen molar-refractivity contribution in [2.45, 2.75) is 19.1 Å². The first kappa shape index (κ1) is 29.1. The van der Waals surface area contributed by atoms with E-state index in [1.807, 2.05) is 31.6 Å². The van der Waals surface area contributed by atoms with E-state index >= 15 is 0 Å². The van der Waals surface area contributed by atoms with E-state index in [1.165, 1.54) is 34.7 Å². The summed E-state index contributed by atoms with van der Waals surface area (Å²) in [6.07, 6.45) is -3.99. The lowest BCUT2D eigenvalue weighted by Gasteiger charge is -2.18. The third kappa shape index (κ3) is 8.56. The quantitative estimate of drug-likeness (QED) is 0.379. The first-order valence-corrected chi connectivity index (χ1v) is 12.7. The van der Waals surface area contributed by atoms with E-state index in [-0.39, 0.29) is 11.7 Å². The molecule has 0 aliphatic carbocycles. The second-order valence-corrected chi connectivity index (χ2v) is 10.1. The summed E-state index contributed by atoms with van der Waals surface area (Å²) in [5.74, 6) is -2.61. The van der Waals surface area contributed by atoms with Crippen molar-refractivity contribution in [3.63, 3.8) is 0 Å². The monoisotopic (exact) mass is 551 g/mol. The number of alkyl halides is 3. The van der Waals surface area contributed by atoms with Gasteiger partial charge in [-0.25, -0.2) is 9.18 Å². The number of halogens is 4. The number of carboxylic acid groups (broad SMARTS) is 1. The zero-order valence-corrected chi connectivity index (χ0v) is 21.8. The first-order chi connectivity index (χ1) is 17.9. The van der Waals surface area contributed by atoms with Crippen LogP contribution in [0, 0.1) is 11.7 Å². The van der Waals surface area contributed by atoms with E-state index in [2.05, 4.69) is 39.4 Å². The lowest BCUT2D eigenvalue weighted by atomic mass is 10.1. The summed E-state index contributed by atoms with van der Waals surface area (Å²) in [5.41, 5.74) is 4.20. The molecule has 0 radical (unpaired) electrons. The molecule has 1 fully saturated rings. The molecule has 1 unspecified atom stereocenters. The molecule has 1 aliphatic rings. The molecule has 1 saturated heterocycles. The van der Waals surface area contributed by atoms with Crippen LogP contribution in [-0.4, -0.2) is 61.8 Å². The third-order valence-corrected chi connectivity index (χ3v) is 6.93. The lowest BCUT2D eigenvalue weighted by Crippen LogP contribution is -2.30. The van der Waals surface area contributed by atoms with Crippen LogP contribution in [0.25, 0.3) is 11.1 Å². The zero-order valence-electron chi connectivity index (χ0n) is 21.0. The van der Waals surface area contributed by atoms with Crippen molar-refractivity contribution in [2.24, 2.45) is 5.92 Å². The molecule has 6 nitrogen and oxygen atoms in total. The van der Waals surface area contributed by atoms with Crippen LogP contribution in [0.2, 0.25) is 0 Å². The number of amides is 1. The Kier molecular flexibility index (Phi) is 9.87. The first-order valence-electron chi connectivity index (χ1n) is 11.8. The Morgan fingerprint density at radius 1 is 1.11 bits per heavy atom. The van der Waals surface area contributed by atoms with Gasteiger partial charge in [-0.3, -0.25) is 9.69 Å². The summed E-state index contributed by atoms with van der Waals surface area (Å²) >= 11 is 1.40. The number of hydrogen-bond donors (Lipinski definition) is 2. The maximum Gasteiger partial charge on any atom is 0.490 e. The zero-order chi connectivity index (χ0) is 27.9. The molecule has 2 N–H and O–H groups in total. The van der Waals surface area contributed by atoms with Gasteiger partial charge in [0.2, 0.25) is 0 Å². The van der Waals surface area contributed by atoms with E-state index in [0.29, 0.717) is 17.3 Å². The van der Waals surface area contributed by atoms with Gasteiger partial charge in [-0.05, 0) is 71.3 Å². The molecule has 1 amide bonds. The minimum absolute atomic E-state index is 0.0506. The van der Waals surface area contributed by atoms with E-state index < -0.39 is 12.1 Å². The van der Waals surface area contributed by atoms with Gasteiger partial charge in [0.15, 0.2) is 0 Å². The summed E-state index contributed by atoms with van der Waals surface area (Å²) in [6, 6.07) is 17.0. The molecule has 38 heavy (non-hydrogen) atoms. The Bertz CT molecular complexity index is 1230. The molecule has 2 heterocycles. The van der Waals surface area contributed by atoms with E-state index in [9.17, 15) is 22.4 Å². The minimum atomic E-state index is -5.08. The van der Waals surface area contributed by atoms with Crippen molar-refractivity contribution in [1.82, 2.24) is 10.2 Å². The molecule has 0 bridgehead atoms. The number of carbonyl (C=O) groups is 2. The van der Waals surface area contributed by atoms with Crippen molar-refractivity contribution >= 4 is 28.9 Å². The highest BCUT2D eigenvalue weighted by Gasteiger charge is 2.38. The number of aliphatic carboxylic acids is 1. The molecule has 1 aromatic heterocycles. The molecule has 0 saturated carbocycles. The summed E-state index contributed by atoms with van der Waals surface area (Å²) in [6.45, 7) is 3.68. The average Bonchev–Trinajstić information content (AvgIpc) is 3.53. The van der Waals surface area contributed by atoms with Crippen molar-refractivity contribution in [3.8, 4) is 11.1 Å². The van der Waals surface area contributed by atoms with Crippen molar-refractivity contribution in [3.05, 3.63) is 76.2 Å². The Hall–Kier alpha value is -3.44.